The number of carbonyl (C=O) groups excluding carboxylic acids is 1. The van der Waals surface area contributed by atoms with Gasteiger partial charge in [-0.3, -0.25) is 9.69 Å². The molecule has 1 amide bonds. The van der Waals surface area contributed by atoms with Gasteiger partial charge in [0.25, 0.3) is 0 Å². The van der Waals surface area contributed by atoms with Crippen molar-refractivity contribution in [2.24, 2.45) is 0 Å². The fourth-order valence-corrected chi connectivity index (χ4v) is 4.88. The zero-order valence-corrected chi connectivity index (χ0v) is 14.8. The lowest BCUT2D eigenvalue weighted by Gasteiger charge is -2.39. The zero-order chi connectivity index (χ0) is 16.4. The fourth-order valence-electron chi connectivity index (χ4n) is 3.62. The van der Waals surface area contributed by atoms with Crippen molar-refractivity contribution in [2.75, 3.05) is 33.5 Å². The van der Waals surface area contributed by atoms with Crippen molar-refractivity contribution < 1.29 is 9.53 Å². The molecule has 0 radical (unpaired) electrons. The molecule has 0 aromatic heterocycles. The number of nitrogens with one attached hydrogen (secondary N) is 1. The third-order valence-electron chi connectivity index (χ3n) is 4.94. The largest absolute Gasteiger partial charge is 0.497 e. The summed E-state index contributed by atoms with van der Waals surface area (Å²) in [6.45, 7) is 5.55. The summed E-state index contributed by atoms with van der Waals surface area (Å²) in [7, 11) is 1.19. The average Bonchev–Trinajstić information content (AvgIpc) is 2.87. The van der Waals surface area contributed by atoms with Crippen molar-refractivity contribution in [2.45, 2.75) is 24.9 Å². The van der Waals surface area contributed by atoms with E-state index in [1.54, 1.807) is 7.11 Å². The molecule has 0 saturated carbocycles. The van der Waals surface area contributed by atoms with Gasteiger partial charge in [0.05, 0.1) is 13.4 Å². The van der Waals surface area contributed by atoms with Crippen molar-refractivity contribution in [3.63, 3.8) is 0 Å². The Kier molecular flexibility index (Phi) is 4.72. The number of piperidine rings is 1. The molecule has 23 heavy (non-hydrogen) atoms. The molecule has 0 aliphatic carbocycles. The molecular formula is C17H25N3O2P+. The van der Waals surface area contributed by atoms with Crippen LogP contribution in [0.25, 0.3) is 0 Å². The predicted octanol–water partition coefficient (Wildman–Crippen LogP) is 1.88. The molecule has 6 heteroatoms. The summed E-state index contributed by atoms with van der Waals surface area (Å²) < 4.78 is 7.58. The number of likely N-dealkylation sites (tertiary alicyclic amines) is 1. The van der Waals surface area contributed by atoms with E-state index in [1.165, 1.54) is 5.56 Å². The van der Waals surface area contributed by atoms with E-state index in [2.05, 4.69) is 40.0 Å². The van der Waals surface area contributed by atoms with Gasteiger partial charge in [-0.2, -0.15) is 0 Å². The Balaban J connectivity index is 1.66. The van der Waals surface area contributed by atoms with Gasteiger partial charge in [-0.1, -0.05) is 16.8 Å². The van der Waals surface area contributed by atoms with Crippen LogP contribution >= 0.6 is 7.70 Å². The SMILES string of the molecule is C=[P+](C)N1CNC(=O)C12CCN(Cc1cccc(OC)c1)CC2. The number of methoxy groups -OCH3 is 1. The number of benzene rings is 1. The van der Waals surface area contributed by atoms with E-state index in [0.29, 0.717) is 6.67 Å². The number of hydrogen-bond donors (Lipinski definition) is 1. The number of rotatable bonds is 4. The molecule has 1 spiro atoms. The summed E-state index contributed by atoms with van der Waals surface area (Å²) in [5, 5.41) is 3.02. The maximum atomic E-state index is 12.4. The number of carbonyl (C=O) groups is 1. The first-order chi connectivity index (χ1) is 11.0. The maximum Gasteiger partial charge on any atom is 0.245 e. The van der Waals surface area contributed by atoms with Crippen molar-refractivity contribution >= 4 is 19.9 Å². The van der Waals surface area contributed by atoms with Crippen molar-refractivity contribution in [1.82, 2.24) is 14.9 Å². The number of nitrogens with zero attached hydrogens (tertiary/aromatic N) is 2. The minimum atomic E-state index is -0.504. The second-order valence-electron chi connectivity index (χ2n) is 6.38. The summed E-state index contributed by atoms with van der Waals surface area (Å²) in [4.78, 5) is 14.8. The summed E-state index contributed by atoms with van der Waals surface area (Å²) in [5.74, 6) is 1.09. The molecule has 1 aromatic rings. The quantitative estimate of drug-likeness (QED) is 0.854. The summed E-state index contributed by atoms with van der Waals surface area (Å²) in [6.07, 6.45) is 5.94. The highest BCUT2D eigenvalue weighted by Crippen LogP contribution is 2.41. The third-order valence-corrected chi connectivity index (χ3v) is 6.29. The lowest BCUT2D eigenvalue weighted by atomic mass is 9.87. The van der Waals surface area contributed by atoms with E-state index in [0.717, 1.165) is 38.2 Å². The van der Waals surface area contributed by atoms with E-state index in [-0.39, 0.29) is 11.4 Å². The van der Waals surface area contributed by atoms with Gasteiger partial charge in [-0.25, -0.2) is 0 Å². The third kappa shape index (κ3) is 3.14. The van der Waals surface area contributed by atoms with Crippen molar-refractivity contribution in [3.05, 3.63) is 29.8 Å². The first-order valence-electron chi connectivity index (χ1n) is 8.00. The minimum absolute atomic E-state index is 0.191. The number of ether oxygens (including phenoxy) is 1. The van der Waals surface area contributed by atoms with Gasteiger partial charge in [0, 0.05) is 19.6 Å². The Morgan fingerprint density at radius 3 is 2.78 bits per heavy atom. The molecule has 0 bridgehead atoms. The highest BCUT2D eigenvalue weighted by molar-refractivity contribution is 7.52. The molecule has 2 aliphatic heterocycles. The molecule has 2 aliphatic rings. The summed E-state index contributed by atoms with van der Waals surface area (Å²) in [5.41, 5.74) is 0.926. The van der Waals surface area contributed by atoms with E-state index >= 15 is 0 Å². The Bertz CT molecular complexity index is 612. The van der Waals surface area contributed by atoms with Crippen LogP contribution in [-0.4, -0.2) is 60.8 Å². The van der Waals surface area contributed by atoms with Gasteiger partial charge in [-0.05, 0) is 30.5 Å². The molecule has 1 unspecified atom stereocenters. The van der Waals surface area contributed by atoms with Gasteiger partial charge >= 0.3 is 0 Å². The van der Waals surface area contributed by atoms with Gasteiger partial charge in [0.2, 0.25) is 5.91 Å². The molecule has 2 saturated heterocycles. The van der Waals surface area contributed by atoms with Crippen LogP contribution in [-0.2, 0) is 11.3 Å². The lowest BCUT2D eigenvalue weighted by molar-refractivity contribution is -0.127. The normalized spacial score (nSPS) is 22.2. The fraction of sp³-hybridized carbons (Fsp3) is 0.529. The number of hydrogen-bond acceptors (Lipinski definition) is 4. The predicted molar refractivity (Wildman–Crippen MR) is 95.0 cm³/mol. The smallest absolute Gasteiger partial charge is 0.245 e. The second kappa shape index (κ2) is 6.60. The molecule has 2 heterocycles. The van der Waals surface area contributed by atoms with Crippen LogP contribution in [0.3, 0.4) is 0 Å². The second-order valence-corrected chi connectivity index (χ2v) is 8.18. The maximum absolute atomic E-state index is 12.4. The van der Waals surface area contributed by atoms with Gasteiger partial charge in [0.1, 0.15) is 24.6 Å². The Morgan fingerprint density at radius 1 is 1.39 bits per heavy atom. The lowest BCUT2D eigenvalue weighted by Crippen LogP contribution is -2.53. The molecule has 2 fully saturated rings. The van der Waals surface area contributed by atoms with Gasteiger partial charge in [-0.15, -0.1) is 0 Å². The first-order valence-corrected chi connectivity index (χ1v) is 9.93. The van der Waals surface area contributed by atoms with Crippen LogP contribution in [0.4, 0.5) is 0 Å². The molecule has 1 atom stereocenters. The first kappa shape index (κ1) is 16.4. The Morgan fingerprint density at radius 2 is 2.13 bits per heavy atom. The minimum Gasteiger partial charge on any atom is -0.497 e. The number of amides is 1. The van der Waals surface area contributed by atoms with E-state index in [4.69, 9.17) is 4.74 Å². The van der Waals surface area contributed by atoms with E-state index in [1.807, 2.05) is 12.1 Å². The highest BCUT2D eigenvalue weighted by Gasteiger charge is 2.54. The monoisotopic (exact) mass is 334 g/mol. The van der Waals surface area contributed by atoms with Gasteiger partial charge in [0.15, 0.2) is 7.70 Å². The highest BCUT2D eigenvalue weighted by atomic mass is 31.1. The standard InChI is InChI=1S/C17H24N3O2P/c1-22-15-6-4-5-14(11-15)12-19-9-7-17(8-10-19)16(21)18-13-20(17)23(2)3/h4-6,11H,2,7-10,12-13H2,1,3H3/p+1. The van der Waals surface area contributed by atoms with Crippen LogP contribution in [0.2, 0.25) is 0 Å². The molecule has 1 aromatic carbocycles. The average molecular weight is 334 g/mol. The molecule has 1 N–H and O–H groups in total. The topological polar surface area (TPSA) is 44.8 Å². The van der Waals surface area contributed by atoms with Crippen molar-refractivity contribution in [3.8, 4) is 5.75 Å². The Hall–Kier alpha value is -1.42. The van der Waals surface area contributed by atoms with Crippen LogP contribution in [0.5, 0.6) is 5.75 Å². The summed E-state index contributed by atoms with van der Waals surface area (Å²) >= 11 is 0. The van der Waals surface area contributed by atoms with Crippen LogP contribution in [0.1, 0.15) is 18.4 Å². The summed E-state index contributed by atoms with van der Waals surface area (Å²) in [6, 6.07) is 8.20. The van der Waals surface area contributed by atoms with Crippen LogP contribution in [0, 0.1) is 0 Å². The molecule has 5 nitrogen and oxygen atoms in total. The Labute approximate surface area is 139 Å². The molecular weight excluding hydrogens is 309 g/mol. The molecule has 124 valence electrons. The van der Waals surface area contributed by atoms with E-state index in [9.17, 15) is 4.79 Å². The molecule has 3 rings (SSSR count). The van der Waals surface area contributed by atoms with Crippen LogP contribution in [0.15, 0.2) is 24.3 Å². The van der Waals surface area contributed by atoms with Crippen molar-refractivity contribution in [1.29, 1.82) is 0 Å². The van der Waals surface area contributed by atoms with Crippen LogP contribution < -0.4 is 10.1 Å². The van der Waals surface area contributed by atoms with E-state index < -0.39 is 7.70 Å². The zero-order valence-electron chi connectivity index (χ0n) is 13.9. The van der Waals surface area contributed by atoms with Gasteiger partial charge < -0.3 is 10.1 Å².